The van der Waals surface area contributed by atoms with Crippen LogP contribution in [0.4, 0.5) is 0 Å². The second-order valence-electron chi connectivity index (χ2n) is 12.3. The van der Waals surface area contributed by atoms with Crippen molar-refractivity contribution >= 4 is 17.6 Å². The molecule has 2 aliphatic carbocycles. The van der Waals surface area contributed by atoms with Crippen molar-refractivity contribution in [2.75, 3.05) is 32.7 Å². The van der Waals surface area contributed by atoms with E-state index >= 15 is 0 Å². The van der Waals surface area contributed by atoms with Crippen LogP contribution >= 0.6 is 11.6 Å². The first-order chi connectivity index (χ1) is 17.9. The molecule has 2 saturated heterocycles. The van der Waals surface area contributed by atoms with Crippen molar-refractivity contribution < 1.29 is 19.3 Å². The number of halogens is 1. The normalized spacial score (nSPS) is 36.2. The van der Waals surface area contributed by atoms with Crippen LogP contribution in [0.3, 0.4) is 0 Å². The van der Waals surface area contributed by atoms with Crippen LogP contribution in [0.5, 0.6) is 0 Å². The standard InChI is InChI=1S/C32H39ClN2O2/c1-22-7-6-14-32(2)20-29-26(19-28(22)32)27(31(36)37-29)21-34-15-17-35(18-16-34)30(23-8-4-3-5-9-23)24-10-12-25(33)13-11-24/h3-5,8-13,19,22,26-27,29-30H,6-7,14-18,20-21H2,1-2H3/p+2/t22?,26?,27?,29?,30?,32-/m1/s1. The molecule has 1 saturated carbocycles. The first-order valence-electron chi connectivity index (χ1n) is 14.3. The smallest absolute Gasteiger partial charge is 0.315 e. The summed E-state index contributed by atoms with van der Waals surface area (Å²) >= 11 is 6.21. The Labute approximate surface area is 226 Å². The molecule has 5 unspecified atom stereocenters. The predicted molar refractivity (Wildman–Crippen MR) is 147 cm³/mol. The van der Waals surface area contributed by atoms with Crippen LogP contribution in [-0.4, -0.2) is 44.8 Å². The van der Waals surface area contributed by atoms with Crippen LogP contribution in [-0.2, 0) is 9.53 Å². The van der Waals surface area contributed by atoms with Gasteiger partial charge in [0.1, 0.15) is 44.2 Å². The number of hydrogen-bond acceptors (Lipinski definition) is 2. The third-order valence-corrected chi connectivity index (χ3v) is 10.2. The second-order valence-corrected chi connectivity index (χ2v) is 12.8. The number of rotatable bonds is 5. The number of esters is 1. The van der Waals surface area contributed by atoms with Gasteiger partial charge in [-0.15, -0.1) is 0 Å². The van der Waals surface area contributed by atoms with Gasteiger partial charge in [-0.1, -0.05) is 86.0 Å². The van der Waals surface area contributed by atoms with E-state index in [4.69, 9.17) is 16.3 Å². The topological polar surface area (TPSA) is 35.2 Å². The highest BCUT2D eigenvalue weighted by atomic mass is 35.5. The molecule has 6 rings (SSSR count). The summed E-state index contributed by atoms with van der Waals surface area (Å²) < 4.78 is 6.04. The van der Waals surface area contributed by atoms with Crippen molar-refractivity contribution in [1.82, 2.24) is 0 Å². The fourth-order valence-electron chi connectivity index (χ4n) is 7.97. The molecule has 0 spiro atoms. The Morgan fingerprint density at radius 1 is 1.03 bits per heavy atom. The summed E-state index contributed by atoms with van der Waals surface area (Å²) in [4.78, 5) is 16.2. The third-order valence-electron chi connectivity index (χ3n) is 9.93. The van der Waals surface area contributed by atoms with Gasteiger partial charge >= 0.3 is 5.97 Å². The Bertz CT molecular complexity index is 1140. The zero-order valence-electron chi connectivity index (χ0n) is 22.2. The first-order valence-corrected chi connectivity index (χ1v) is 14.7. The summed E-state index contributed by atoms with van der Waals surface area (Å²) in [6.45, 7) is 10.0. The summed E-state index contributed by atoms with van der Waals surface area (Å²) in [6, 6.07) is 19.5. The maximum absolute atomic E-state index is 13.1. The van der Waals surface area contributed by atoms with E-state index in [9.17, 15) is 4.79 Å². The zero-order valence-corrected chi connectivity index (χ0v) is 23.0. The molecule has 4 aliphatic rings. The molecule has 6 atom stereocenters. The maximum Gasteiger partial charge on any atom is 0.315 e. The van der Waals surface area contributed by atoms with Crippen LogP contribution in [0, 0.1) is 23.2 Å². The molecule has 0 amide bonds. The number of hydrogen-bond donors (Lipinski definition) is 2. The van der Waals surface area contributed by atoms with Crippen molar-refractivity contribution in [3.63, 3.8) is 0 Å². The Morgan fingerprint density at radius 3 is 2.46 bits per heavy atom. The lowest BCUT2D eigenvalue weighted by Gasteiger charge is -2.46. The van der Waals surface area contributed by atoms with Gasteiger partial charge in [0.25, 0.3) is 0 Å². The number of carbonyl (C=O) groups excluding carboxylic acids is 1. The van der Waals surface area contributed by atoms with E-state index < -0.39 is 0 Å². The van der Waals surface area contributed by atoms with Gasteiger partial charge in [0.2, 0.25) is 0 Å². The molecule has 2 aromatic carbocycles. The van der Waals surface area contributed by atoms with Crippen LogP contribution in [0.25, 0.3) is 0 Å². The second kappa shape index (κ2) is 10.2. The van der Waals surface area contributed by atoms with Gasteiger partial charge in [-0.2, -0.15) is 0 Å². The molecule has 3 fully saturated rings. The Hall–Kier alpha value is -2.14. The molecular weight excluding hydrogens is 480 g/mol. The van der Waals surface area contributed by atoms with E-state index in [1.807, 2.05) is 12.1 Å². The van der Waals surface area contributed by atoms with E-state index in [-0.39, 0.29) is 29.3 Å². The fraction of sp³-hybridized carbons (Fsp3) is 0.531. The number of carbonyl (C=O) groups is 1. The minimum Gasteiger partial charge on any atom is -0.461 e. The van der Waals surface area contributed by atoms with Crippen molar-refractivity contribution in [2.24, 2.45) is 23.2 Å². The van der Waals surface area contributed by atoms with Crippen molar-refractivity contribution in [3.05, 3.63) is 82.4 Å². The molecule has 37 heavy (non-hydrogen) atoms. The number of allylic oxidation sites excluding steroid dienone is 1. The van der Waals surface area contributed by atoms with E-state index in [0.29, 0.717) is 12.0 Å². The van der Waals surface area contributed by atoms with Gasteiger partial charge in [-0.25, -0.2) is 0 Å². The lowest BCUT2D eigenvalue weighted by Crippen LogP contribution is -3.28. The molecule has 0 aromatic heterocycles. The molecule has 5 heteroatoms. The van der Waals surface area contributed by atoms with Crippen LogP contribution < -0.4 is 9.80 Å². The van der Waals surface area contributed by atoms with E-state index in [2.05, 4.69) is 62.4 Å². The third kappa shape index (κ3) is 4.89. The summed E-state index contributed by atoms with van der Waals surface area (Å²) in [6.07, 6.45) is 7.41. The number of benzene rings is 2. The average Bonchev–Trinajstić information content (AvgIpc) is 3.19. The Kier molecular flexibility index (Phi) is 6.94. The molecule has 0 bridgehead atoms. The Morgan fingerprint density at radius 2 is 1.73 bits per heavy atom. The number of nitrogens with one attached hydrogen (secondary N) is 2. The first kappa shape index (κ1) is 25.2. The van der Waals surface area contributed by atoms with Gasteiger partial charge < -0.3 is 14.5 Å². The summed E-state index contributed by atoms with van der Waals surface area (Å²) in [5.41, 5.74) is 4.50. The Balaban J connectivity index is 1.15. The highest BCUT2D eigenvalue weighted by Crippen LogP contribution is 2.53. The van der Waals surface area contributed by atoms with E-state index in [1.54, 1.807) is 15.4 Å². The fourth-order valence-corrected chi connectivity index (χ4v) is 8.10. The van der Waals surface area contributed by atoms with E-state index in [1.165, 1.54) is 30.4 Å². The summed E-state index contributed by atoms with van der Waals surface area (Å²) in [5.74, 6) is 0.958. The minimum atomic E-state index is 0.00825. The number of ether oxygens (including phenoxy) is 1. The molecule has 2 N–H and O–H groups in total. The molecule has 0 radical (unpaired) electrons. The van der Waals surface area contributed by atoms with Crippen molar-refractivity contribution in [1.29, 1.82) is 0 Å². The van der Waals surface area contributed by atoms with Crippen LogP contribution in [0.1, 0.15) is 56.7 Å². The van der Waals surface area contributed by atoms with Crippen molar-refractivity contribution in [2.45, 2.75) is 51.7 Å². The minimum absolute atomic E-state index is 0.00825. The number of quaternary nitrogens is 2. The highest BCUT2D eigenvalue weighted by Gasteiger charge is 2.53. The van der Waals surface area contributed by atoms with Gasteiger partial charge in [0.05, 0.1) is 6.54 Å². The predicted octanol–water partition coefficient (Wildman–Crippen LogP) is 3.53. The lowest BCUT2D eigenvalue weighted by molar-refractivity contribution is -1.02. The quantitative estimate of drug-likeness (QED) is 0.467. The van der Waals surface area contributed by atoms with Crippen LogP contribution in [0.15, 0.2) is 66.2 Å². The van der Waals surface area contributed by atoms with Crippen molar-refractivity contribution in [3.8, 4) is 0 Å². The van der Waals surface area contributed by atoms with Gasteiger partial charge in [0, 0.05) is 22.1 Å². The highest BCUT2D eigenvalue weighted by molar-refractivity contribution is 6.30. The molecular formula is C32H41ClN2O2+2. The van der Waals surface area contributed by atoms with E-state index in [0.717, 1.165) is 44.2 Å². The number of fused-ring (bicyclic) bond motifs is 2. The molecule has 196 valence electrons. The lowest BCUT2D eigenvalue weighted by atomic mass is 9.59. The molecule has 2 heterocycles. The van der Waals surface area contributed by atoms with Crippen LogP contribution in [0.2, 0.25) is 5.02 Å². The molecule has 4 nitrogen and oxygen atoms in total. The largest absolute Gasteiger partial charge is 0.461 e. The number of piperazine rings is 1. The van der Waals surface area contributed by atoms with Gasteiger partial charge in [0.15, 0.2) is 0 Å². The average molecular weight is 521 g/mol. The summed E-state index contributed by atoms with van der Waals surface area (Å²) in [5, 5.41) is 0.780. The maximum atomic E-state index is 13.1. The SMILES string of the molecule is CC1CCC[C@]2(C)CC3OC(=O)C(C[NH+]4CC[NH+](C(c5ccccc5)c5ccc(Cl)cc5)CC4)C3C=C12. The monoisotopic (exact) mass is 520 g/mol. The zero-order chi connectivity index (χ0) is 25.6. The van der Waals surface area contributed by atoms with Gasteiger partial charge in [-0.3, -0.25) is 4.79 Å². The molecule has 2 aromatic rings. The molecule has 2 aliphatic heterocycles. The van der Waals surface area contributed by atoms with Gasteiger partial charge in [-0.05, 0) is 42.7 Å². The summed E-state index contributed by atoms with van der Waals surface area (Å²) in [7, 11) is 0.